The van der Waals surface area contributed by atoms with Crippen molar-refractivity contribution < 1.29 is 9.90 Å². The van der Waals surface area contributed by atoms with Gasteiger partial charge in [0, 0.05) is 17.1 Å². The van der Waals surface area contributed by atoms with Gasteiger partial charge in [-0.25, -0.2) is 4.79 Å². The molecular formula is C18H26N2O2. The van der Waals surface area contributed by atoms with Crippen LogP contribution in [0.2, 0.25) is 0 Å². The second kappa shape index (κ2) is 6.53. The van der Waals surface area contributed by atoms with Crippen LogP contribution in [0.4, 0.5) is 0 Å². The summed E-state index contributed by atoms with van der Waals surface area (Å²) in [6, 6.07) is 4.19. The number of nitrogens with zero attached hydrogens (tertiary/aromatic N) is 1. The van der Waals surface area contributed by atoms with E-state index in [-0.39, 0.29) is 6.04 Å². The van der Waals surface area contributed by atoms with Crippen LogP contribution >= 0.6 is 0 Å². The second-order valence-corrected chi connectivity index (χ2v) is 6.12. The number of carboxylic acids is 1. The number of carboxylic acid groups (broad SMARTS) is 1. The molecule has 0 unspecified atom stereocenters. The van der Waals surface area contributed by atoms with E-state index in [4.69, 9.17) is 5.73 Å². The molecule has 0 atom stereocenters. The maximum absolute atomic E-state index is 11.8. The first kappa shape index (κ1) is 16.6. The molecule has 0 saturated heterocycles. The van der Waals surface area contributed by atoms with Crippen molar-refractivity contribution in [1.29, 1.82) is 0 Å². The highest BCUT2D eigenvalue weighted by molar-refractivity contribution is 6.04. The van der Waals surface area contributed by atoms with E-state index in [0.29, 0.717) is 12.1 Å². The molecule has 1 aromatic heterocycles. The molecule has 0 saturated carbocycles. The van der Waals surface area contributed by atoms with Gasteiger partial charge in [-0.3, -0.25) is 0 Å². The molecule has 0 spiro atoms. The van der Waals surface area contributed by atoms with Gasteiger partial charge >= 0.3 is 5.97 Å². The summed E-state index contributed by atoms with van der Waals surface area (Å²) in [6.45, 7) is 8.98. The predicted molar refractivity (Wildman–Crippen MR) is 90.8 cm³/mol. The Kier molecular flexibility index (Phi) is 4.91. The Hall–Kier alpha value is -1.81. The number of hydrogen-bond acceptors (Lipinski definition) is 2. The number of carbonyl (C=O) groups is 1. The summed E-state index contributed by atoms with van der Waals surface area (Å²) in [5.74, 6) is -0.856. The van der Waals surface area contributed by atoms with Crippen molar-refractivity contribution in [2.24, 2.45) is 5.73 Å². The molecule has 0 fully saturated rings. The zero-order valence-electron chi connectivity index (χ0n) is 13.9. The monoisotopic (exact) mass is 302 g/mol. The van der Waals surface area contributed by atoms with Gasteiger partial charge in [0.05, 0.1) is 11.1 Å². The van der Waals surface area contributed by atoms with E-state index >= 15 is 0 Å². The van der Waals surface area contributed by atoms with Gasteiger partial charge < -0.3 is 15.4 Å². The normalized spacial score (nSPS) is 11.5. The van der Waals surface area contributed by atoms with Gasteiger partial charge in [0.15, 0.2) is 0 Å². The molecule has 120 valence electrons. The summed E-state index contributed by atoms with van der Waals surface area (Å²) >= 11 is 0. The quantitative estimate of drug-likeness (QED) is 0.855. The van der Waals surface area contributed by atoms with Crippen molar-refractivity contribution in [3.8, 4) is 0 Å². The highest BCUT2D eigenvalue weighted by Gasteiger charge is 2.21. The fourth-order valence-corrected chi connectivity index (χ4v) is 3.30. The molecule has 1 aromatic carbocycles. The Morgan fingerprint density at radius 1 is 1.36 bits per heavy atom. The minimum atomic E-state index is -0.856. The summed E-state index contributed by atoms with van der Waals surface area (Å²) in [6.07, 6.45) is 2.64. The molecule has 0 amide bonds. The molecule has 0 aliphatic heterocycles. The van der Waals surface area contributed by atoms with Crippen LogP contribution in [0.25, 0.3) is 10.9 Å². The largest absolute Gasteiger partial charge is 0.478 e. The Morgan fingerprint density at radius 3 is 2.55 bits per heavy atom. The summed E-state index contributed by atoms with van der Waals surface area (Å²) in [5.41, 5.74) is 10.4. The average molecular weight is 302 g/mol. The van der Waals surface area contributed by atoms with E-state index in [2.05, 4.69) is 38.3 Å². The molecule has 0 radical (unpaired) electrons. The summed E-state index contributed by atoms with van der Waals surface area (Å²) in [7, 11) is 0. The molecular weight excluding hydrogens is 276 g/mol. The van der Waals surface area contributed by atoms with E-state index in [9.17, 15) is 9.90 Å². The van der Waals surface area contributed by atoms with Gasteiger partial charge in [-0.1, -0.05) is 6.92 Å². The topological polar surface area (TPSA) is 68.2 Å². The average Bonchev–Trinajstić information content (AvgIpc) is 2.75. The lowest BCUT2D eigenvalue weighted by molar-refractivity contribution is 0.0698. The first-order valence-electron chi connectivity index (χ1n) is 8.02. The Balaban J connectivity index is 2.87. The van der Waals surface area contributed by atoms with Crippen LogP contribution in [-0.4, -0.2) is 22.2 Å². The zero-order valence-corrected chi connectivity index (χ0v) is 13.9. The summed E-state index contributed by atoms with van der Waals surface area (Å²) < 4.78 is 2.16. The van der Waals surface area contributed by atoms with Crippen molar-refractivity contribution in [2.45, 2.75) is 53.0 Å². The van der Waals surface area contributed by atoms with Gasteiger partial charge in [0.25, 0.3) is 0 Å². The Bertz CT molecular complexity index is 699. The van der Waals surface area contributed by atoms with E-state index in [1.165, 1.54) is 5.56 Å². The van der Waals surface area contributed by atoms with Gasteiger partial charge in [0.2, 0.25) is 0 Å². The van der Waals surface area contributed by atoms with Gasteiger partial charge in [0.1, 0.15) is 0 Å². The number of aromatic nitrogens is 1. The third-order valence-electron chi connectivity index (χ3n) is 4.32. The smallest absolute Gasteiger partial charge is 0.337 e. The minimum Gasteiger partial charge on any atom is -0.478 e. The molecule has 22 heavy (non-hydrogen) atoms. The zero-order chi connectivity index (χ0) is 16.4. The molecule has 2 rings (SSSR count). The summed E-state index contributed by atoms with van der Waals surface area (Å²) in [4.78, 5) is 11.8. The van der Waals surface area contributed by atoms with Gasteiger partial charge in [-0.05, 0) is 69.8 Å². The Morgan fingerprint density at radius 2 is 2.05 bits per heavy atom. The maximum atomic E-state index is 11.8. The standard InChI is InChI=1S/C18H26N2O2/c1-5-13-9-15-14(7-6-8-19)12(4)20(11(2)3)17(15)16(10-13)18(21)22/h9-11H,5-8,19H2,1-4H3,(H,21,22). The molecule has 4 nitrogen and oxygen atoms in total. The van der Waals surface area contributed by atoms with Crippen LogP contribution in [0.15, 0.2) is 12.1 Å². The van der Waals surface area contributed by atoms with Crippen molar-refractivity contribution in [3.63, 3.8) is 0 Å². The lowest BCUT2D eigenvalue weighted by Crippen LogP contribution is -2.08. The summed E-state index contributed by atoms with van der Waals surface area (Å²) in [5, 5.41) is 10.7. The molecule has 1 heterocycles. The van der Waals surface area contributed by atoms with Crippen LogP contribution < -0.4 is 5.73 Å². The van der Waals surface area contributed by atoms with Crippen LogP contribution in [0.1, 0.15) is 60.4 Å². The highest BCUT2D eigenvalue weighted by Crippen LogP contribution is 2.33. The number of benzene rings is 1. The first-order chi connectivity index (χ1) is 10.4. The predicted octanol–water partition coefficient (Wildman–Crippen LogP) is 3.68. The number of aryl methyl sites for hydroxylation is 2. The number of nitrogens with two attached hydrogens (primary N) is 1. The first-order valence-corrected chi connectivity index (χ1v) is 8.02. The maximum Gasteiger partial charge on any atom is 0.337 e. The van der Waals surface area contributed by atoms with Crippen LogP contribution in [-0.2, 0) is 12.8 Å². The third kappa shape index (κ3) is 2.75. The van der Waals surface area contributed by atoms with Crippen LogP contribution in [0.3, 0.4) is 0 Å². The van der Waals surface area contributed by atoms with Gasteiger partial charge in [-0.2, -0.15) is 0 Å². The highest BCUT2D eigenvalue weighted by atomic mass is 16.4. The molecule has 2 aromatic rings. The lowest BCUT2D eigenvalue weighted by Gasteiger charge is -2.14. The van der Waals surface area contributed by atoms with E-state index in [0.717, 1.165) is 41.4 Å². The fourth-order valence-electron chi connectivity index (χ4n) is 3.30. The van der Waals surface area contributed by atoms with E-state index in [1.807, 2.05) is 6.07 Å². The van der Waals surface area contributed by atoms with Crippen molar-refractivity contribution in [2.75, 3.05) is 6.54 Å². The van der Waals surface area contributed by atoms with Crippen molar-refractivity contribution in [1.82, 2.24) is 4.57 Å². The molecule has 4 heteroatoms. The number of hydrogen-bond donors (Lipinski definition) is 2. The minimum absolute atomic E-state index is 0.222. The van der Waals surface area contributed by atoms with Crippen molar-refractivity contribution >= 4 is 16.9 Å². The van der Waals surface area contributed by atoms with Gasteiger partial charge in [-0.15, -0.1) is 0 Å². The number of rotatable bonds is 6. The molecule has 0 bridgehead atoms. The van der Waals surface area contributed by atoms with Crippen molar-refractivity contribution in [3.05, 3.63) is 34.5 Å². The fraction of sp³-hybridized carbons (Fsp3) is 0.500. The number of fused-ring (bicyclic) bond motifs is 1. The van der Waals surface area contributed by atoms with E-state index in [1.54, 1.807) is 0 Å². The third-order valence-corrected chi connectivity index (χ3v) is 4.32. The SMILES string of the molecule is CCc1cc(C(=O)O)c2c(c1)c(CCCN)c(C)n2C(C)C. The van der Waals surface area contributed by atoms with E-state index < -0.39 is 5.97 Å². The second-order valence-electron chi connectivity index (χ2n) is 6.12. The molecule has 0 aliphatic carbocycles. The molecule has 3 N–H and O–H groups in total. The number of aromatic carboxylic acids is 1. The Labute approximate surface area is 131 Å². The lowest BCUT2D eigenvalue weighted by atomic mass is 10.00. The molecule has 0 aliphatic rings. The van der Waals surface area contributed by atoms with Crippen LogP contribution in [0, 0.1) is 6.92 Å². The van der Waals surface area contributed by atoms with Crippen LogP contribution in [0.5, 0.6) is 0 Å².